The van der Waals surface area contributed by atoms with Crippen LogP contribution in [0.25, 0.3) is 10.6 Å². The van der Waals surface area contributed by atoms with Gasteiger partial charge in [0.1, 0.15) is 10.8 Å². The number of nitrogens with one attached hydrogen (secondary N) is 2. The van der Waals surface area contributed by atoms with Crippen molar-refractivity contribution in [1.82, 2.24) is 10.3 Å². The molecule has 0 saturated heterocycles. The Morgan fingerprint density at radius 1 is 1.14 bits per heavy atom. The zero-order valence-electron chi connectivity index (χ0n) is 15.8. The van der Waals surface area contributed by atoms with Gasteiger partial charge in [0.05, 0.1) is 17.1 Å². The minimum Gasteiger partial charge on any atom is -0.484 e. The average Bonchev–Trinajstić information content (AvgIpc) is 3.15. The number of rotatable bonds is 8. The van der Waals surface area contributed by atoms with Gasteiger partial charge < -0.3 is 15.4 Å². The first-order valence-corrected chi connectivity index (χ1v) is 10.3. The van der Waals surface area contributed by atoms with Crippen LogP contribution in [-0.2, 0) is 16.0 Å². The number of nitrogens with zero attached hydrogens (tertiary/aromatic N) is 1. The lowest BCUT2D eigenvalue weighted by atomic mass is 10.2. The predicted molar refractivity (Wildman–Crippen MR) is 116 cm³/mol. The van der Waals surface area contributed by atoms with E-state index < -0.39 is 0 Å². The van der Waals surface area contributed by atoms with Gasteiger partial charge in [-0.05, 0) is 25.1 Å². The smallest absolute Gasteiger partial charge is 0.257 e. The number of benzene rings is 2. The lowest BCUT2D eigenvalue weighted by molar-refractivity contribution is -0.123. The maximum atomic E-state index is 12.4. The van der Waals surface area contributed by atoms with E-state index in [0.29, 0.717) is 28.7 Å². The number of ether oxygens (including phenoxy) is 1. The molecule has 1 aromatic heterocycles. The largest absolute Gasteiger partial charge is 0.484 e. The van der Waals surface area contributed by atoms with Crippen molar-refractivity contribution < 1.29 is 14.3 Å². The number of carbonyl (C=O) groups excluding carboxylic acids is 2. The van der Waals surface area contributed by atoms with Crippen molar-refractivity contribution in [3.63, 3.8) is 0 Å². The molecule has 3 aromatic rings. The van der Waals surface area contributed by atoms with E-state index in [1.165, 1.54) is 11.3 Å². The first kappa shape index (κ1) is 20.8. The fourth-order valence-electron chi connectivity index (χ4n) is 2.58. The van der Waals surface area contributed by atoms with Crippen molar-refractivity contribution in [2.45, 2.75) is 13.3 Å². The highest BCUT2D eigenvalue weighted by atomic mass is 35.5. The molecule has 1 heterocycles. The Bertz CT molecular complexity index is 1010. The number of amides is 2. The van der Waals surface area contributed by atoms with E-state index >= 15 is 0 Å². The molecule has 3 rings (SSSR count). The van der Waals surface area contributed by atoms with Crippen LogP contribution in [0.15, 0.2) is 53.9 Å². The lowest BCUT2D eigenvalue weighted by Gasteiger charge is -2.09. The number of likely N-dealkylation sites (N-methyl/N-ethyl adjacent to an activating group) is 1. The maximum Gasteiger partial charge on any atom is 0.257 e. The molecular weight excluding hydrogens is 410 g/mol. The summed E-state index contributed by atoms with van der Waals surface area (Å²) >= 11 is 7.66. The van der Waals surface area contributed by atoms with Gasteiger partial charge in [-0.15, -0.1) is 11.3 Å². The molecule has 0 saturated carbocycles. The fourth-order valence-corrected chi connectivity index (χ4v) is 3.72. The summed E-state index contributed by atoms with van der Waals surface area (Å²) in [5.74, 6) is 0.116. The standard InChI is InChI=1S/C21H20ClN3O3S/c1-2-23-20(27)12-28-16-7-5-6-14(10-16)24-19(26)11-15-13-29-21(25-15)17-8-3-4-9-18(17)22/h3-10,13H,2,11-12H2,1H3,(H,23,27)(H,24,26). The second kappa shape index (κ2) is 10.0. The second-order valence-electron chi connectivity index (χ2n) is 6.12. The van der Waals surface area contributed by atoms with Crippen LogP contribution in [0, 0.1) is 0 Å². The van der Waals surface area contributed by atoms with Crippen molar-refractivity contribution in [3.05, 3.63) is 64.6 Å². The molecule has 0 aliphatic heterocycles. The minimum atomic E-state index is -0.195. The summed E-state index contributed by atoms with van der Waals surface area (Å²) < 4.78 is 5.44. The molecule has 0 atom stereocenters. The third-order valence-corrected chi connectivity index (χ3v) is 5.11. The monoisotopic (exact) mass is 429 g/mol. The summed E-state index contributed by atoms with van der Waals surface area (Å²) in [6.07, 6.45) is 0.144. The van der Waals surface area contributed by atoms with Gasteiger partial charge in [-0.2, -0.15) is 0 Å². The molecule has 0 radical (unpaired) electrons. The van der Waals surface area contributed by atoms with Crippen LogP contribution in [0.2, 0.25) is 5.02 Å². The van der Waals surface area contributed by atoms with Gasteiger partial charge in [-0.1, -0.05) is 35.9 Å². The van der Waals surface area contributed by atoms with Crippen LogP contribution >= 0.6 is 22.9 Å². The zero-order chi connectivity index (χ0) is 20.6. The van der Waals surface area contributed by atoms with Gasteiger partial charge in [0.15, 0.2) is 6.61 Å². The number of anilines is 1. The van der Waals surface area contributed by atoms with Crippen LogP contribution in [0.3, 0.4) is 0 Å². The minimum absolute atomic E-state index is 0.0745. The van der Waals surface area contributed by atoms with E-state index in [0.717, 1.165) is 10.6 Å². The molecule has 0 bridgehead atoms. The molecular formula is C21H20ClN3O3S. The maximum absolute atomic E-state index is 12.4. The molecule has 0 unspecified atom stereocenters. The highest BCUT2D eigenvalue weighted by Gasteiger charge is 2.11. The fraction of sp³-hybridized carbons (Fsp3) is 0.190. The molecule has 0 aliphatic rings. The summed E-state index contributed by atoms with van der Waals surface area (Å²) in [6.45, 7) is 2.32. The van der Waals surface area contributed by atoms with E-state index in [1.54, 1.807) is 24.3 Å². The van der Waals surface area contributed by atoms with Crippen molar-refractivity contribution in [2.24, 2.45) is 0 Å². The number of hydrogen-bond donors (Lipinski definition) is 2. The van der Waals surface area contributed by atoms with Gasteiger partial charge in [-0.25, -0.2) is 4.98 Å². The van der Waals surface area contributed by atoms with E-state index in [2.05, 4.69) is 15.6 Å². The Hall–Kier alpha value is -2.90. The summed E-state index contributed by atoms with van der Waals surface area (Å²) in [5, 5.41) is 8.74. The summed E-state index contributed by atoms with van der Waals surface area (Å²) in [6, 6.07) is 14.4. The van der Waals surface area contributed by atoms with E-state index in [9.17, 15) is 9.59 Å². The normalized spacial score (nSPS) is 10.4. The summed E-state index contributed by atoms with van der Waals surface area (Å²) in [7, 11) is 0. The van der Waals surface area contributed by atoms with Gasteiger partial charge in [0, 0.05) is 29.2 Å². The number of halogens is 1. The summed E-state index contributed by atoms with van der Waals surface area (Å²) in [4.78, 5) is 28.4. The van der Waals surface area contributed by atoms with Crippen LogP contribution < -0.4 is 15.4 Å². The Morgan fingerprint density at radius 2 is 1.97 bits per heavy atom. The van der Waals surface area contributed by atoms with Crippen molar-refractivity contribution in [3.8, 4) is 16.3 Å². The molecule has 29 heavy (non-hydrogen) atoms. The third-order valence-electron chi connectivity index (χ3n) is 3.86. The molecule has 2 aromatic carbocycles. The van der Waals surface area contributed by atoms with Crippen molar-refractivity contribution in [2.75, 3.05) is 18.5 Å². The van der Waals surface area contributed by atoms with Gasteiger partial charge in [0.25, 0.3) is 5.91 Å². The van der Waals surface area contributed by atoms with Crippen molar-refractivity contribution in [1.29, 1.82) is 0 Å². The Labute approximate surface area is 177 Å². The summed E-state index contributed by atoms with van der Waals surface area (Å²) in [5.41, 5.74) is 2.11. The molecule has 0 fully saturated rings. The number of thiazole rings is 1. The van der Waals surface area contributed by atoms with E-state index in [-0.39, 0.29) is 24.8 Å². The number of hydrogen-bond acceptors (Lipinski definition) is 5. The Morgan fingerprint density at radius 3 is 2.76 bits per heavy atom. The Kier molecular flexibility index (Phi) is 7.21. The average molecular weight is 430 g/mol. The molecule has 0 aliphatic carbocycles. The zero-order valence-corrected chi connectivity index (χ0v) is 17.3. The molecule has 8 heteroatoms. The first-order chi connectivity index (χ1) is 14.0. The molecule has 2 amide bonds. The van der Waals surface area contributed by atoms with Gasteiger partial charge in [0.2, 0.25) is 5.91 Å². The first-order valence-electron chi connectivity index (χ1n) is 9.04. The lowest BCUT2D eigenvalue weighted by Crippen LogP contribution is -2.28. The van der Waals surface area contributed by atoms with Crippen LogP contribution in [0.5, 0.6) is 5.75 Å². The van der Waals surface area contributed by atoms with Gasteiger partial charge >= 0.3 is 0 Å². The van der Waals surface area contributed by atoms with E-state index in [4.69, 9.17) is 16.3 Å². The molecule has 0 spiro atoms. The second-order valence-corrected chi connectivity index (χ2v) is 7.38. The van der Waals surface area contributed by atoms with Crippen LogP contribution in [0.4, 0.5) is 5.69 Å². The van der Waals surface area contributed by atoms with Crippen molar-refractivity contribution >= 4 is 40.4 Å². The number of aromatic nitrogens is 1. The third kappa shape index (κ3) is 6.04. The highest BCUT2D eigenvalue weighted by molar-refractivity contribution is 7.13. The highest BCUT2D eigenvalue weighted by Crippen LogP contribution is 2.30. The predicted octanol–water partition coefficient (Wildman–Crippen LogP) is 4.16. The number of carbonyl (C=O) groups is 2. The van der Waals surface area contributed by atoms with Gasteiger partial charge in [-0.3, -0.25) is 9.59 Å². The van der Waals surface area contributed by atoms with Crippen LogP contribution in [-0.4, -0.2) is 29.9 Å². The Balaban J connectivity index is 1.58. The SMILES string of the molecule is CCNC(=O)COc1cccc(NC(=O)Cc2csc(-c3ccccc3Cl)n2)c1. The van der Waals surface area contributed by atoms with Crippen LogP contribution in [0.1, 0.15) is 12.6 Å². The molecule has 150 valence electrons. The molecule has 2 N–H and O–H groups in total. The molecule has 6 nitrogen and oxygen atoms in total. The quantitative estimate of drug-likeness (QED) is 0.563. The topological polar surface area (TPSA) is 80.3 Å². The van der Waals surface area contributed by atoms with E-state index in [1.807, 2.05) is 36.6 Å².